The van der Waals surface area contributed by atoms with Crippen molar-refractivity contribution in [2.24, 2.45) is 7.05 Å². The van der Waals surface area contributed by atoms with Crippen LogP contribution in [-0.4, -0.2) is 39.2 Å². The normalized spacial score (nSPS) is 10.2. The molecule has 1 heterocycles. The zero-order valence-electron chi connectivity index (χ0n) is 13.4. The summed E-state index contributed by atoms with van der Waals surface area (Å²) in [6.45, 7) is 1.40. The van der Waals surface area contributed by atoms with Crippen molar-refractivity contribution in [2.45, 2.75) is 13.3 Å². The molecule has 0 radical (unpaired) electrons. The van der Waals surface area contributed by atoms with Gasteiger partial charge in [0.05, 0.1) is 18.2 Å². The molecule has 0 saturated carbocycles. The largest absolute Gasteiger partial charge is 0.480 e. The van der Waals surface area contributed by atoms with Gasteiger partial charge >= 0.3 is 5.97 Å². The lowest BCUT2D eigenvalue weighted by atomic mass is 10.1. The van der Waals surface area contributed by atoms with E-state index in [0.717, 1.165) is 5.69 Å². The molecule has 126 valence electrons. The van der Waals surface area contributed by atoms with Crippen molar-refractivity contribution in [3.63, 3.8) is 0 Å². The number of carboxylic acids is 1. The fourth-order valence-electron chi connectivity index (χ4n) is 2.05. The summed E-state index contributed by atoms with van der Waals surface area (Å²) in [4.78, 5) is 34.1. The number of amides is 2. The maximum Gasteiger partial charge on any atom is 0.322 e. The maximum absolute atomic E-state index is 12.2. The summed E-state index contributed by atoms with van der Waals surface area (Å²) in [7, 11) is 1.76. The van der Waals surface area contributed by atoms with Crippen molar-refractivity contribution in [3.05, 3.63) is 47.3 Å². The van der Waals surface area contributed by atoms with Gasteiger partial charge in [-0.1, -0.05) is 12.1 Å². The lowest BCUT2D eigenvalue weighted by Crippen LogP contribution is -2.30. The zero-order valence-corrected chi connectivity index (χ0v) is 13.4. The molecule has 0 aliphatic heterocycles. The number of benzene rings is 1. The number of carbonyl (C=O) groups is 3. The summed E-state index contributed by atoms with van der Waals surface area (Å²) >= 11 is 0. The summed E-state index contributed by atoms with van der Waals surface area (Å²) in [5.41, 5.74) is 2.57. The van der Waals surface area contributed by atoms with Crippen molar-refractivity contribution in [1.29, 1.82) is 0 Å². The number of hydrogen-bond acceptors (Lipinski definition) is 4. The minimum atomic E-state index is -1.09. The number of anilines is 1. The van der Waals surface area contributed by atoms with Gasteiger partial charge in [-0.15, -0.1) is 0 Å². The van der Waals surface area contributed by atoms with Crippen molar-refractivity contribution in [2.75, 3.05) is 11.9 Å². The average molecular weight is 330 g/mol. The minimum absolute atomic E-state index is 0.0726. The molecule has 8 heteroatoms. The molecule has 1 aromatic heterocycles. The molecule has 0 aliphatic rings. The van der Waals surface area contributed by atoms with E-state index in [4.69, 9.17) is 5.11 Å². The molecule has 3 N–H and O–H groups in total. The Morgan fingerprint density at radius 2 is 1.88 bits per heavy atom. The van der Waals surface area contributed by atoms with E-state index in [-0.39, 0.29) is 18.2 Å². The Labute approximate surface area is 138 Å². The fourth-order valence-corrected chi connectivity index (χ4v) is 2.05. The molecule has 0 aliphatic carbocycles. The van der Waals surface area contributed by atoms with Gasteiger partial charge in [0.25, 0.3) is 5.91 Å². The first kappa shape index (κ1) is 17.2. The molecule has 2 amide bonds. The highest BCUT2D eigenvalue weighted by molar-refractivity contribution is 6.04. The molecule has 0 atom stereocenters. The summed E-state index contributed by atoms with van der Waals surface area (Å²) in [5, 5.41) is 17.6. The third kappa shape index (κ3) is 4.42. The van der Waals surface area contributed by atoms with Gasteiger partial charge in [-0.05, 0) is 24.6 Å². The Hall–Kier alpha value is -3.16. The summed E-state index contributed by atoms with van der Waals surface area (Å²) in [6, 6.07) is 6.77. The maximum atomic E-state index is 12.2. The van der Waals surface area contributed by atoms with Gasteiger partial charge in [0.1, 0.15) is 6.54 Å². The van der Waals surface area contributed by atoms with E-state index in [2.05, 4.69) is 15.7 Å². The topological polar surface area (TPSA) is 113 Å². The molecular weight excluding hydrogens is 312 g/mol. The van der Waals surface area contributed by atoms with E-state index in [1.807, 2.05) is 0 Å². The van der Waals surface area contributed by atoms with Crippen molar-refractivity contribution < 1.29 is 19.5 Å². The monoisotopic (exact) mass is 330 g/mol. The van der Waals surface area contributed by atoms with Crippen LogP contribution in [0.2, 0.25) is 0 Å². The van der Waals surface area contributed by atoms with E-state index in [9.17, 15) is 14.4 Å². The van der Waals surface area contributed by atoms with Gasteiger partial charge in [-0.25, -0.2) is 0 Å². The molecule has 0 unspecified atom stereocenters. The first-order chi connectivity index (χ1) is 11.4. The Bertz CT molecular complexity index is 765. The number of aromatic nitrogens is 2. The third-order valence-corrected chi connectivity index (χ3v) is 3.49. The van der Waals surface area contributed by atoms with Gasteiger partial charge in [-0.2, -0.15) is 5.10 Å². The Balaban J connectivity index is 1.94. The quantitative estimate of drug-likeness (QED) is 0.722. The molecule has 0 saturated heterocycles. The standard InChI is InChI=1S/C16H18N4O4/c1-10-13(8-18-20(10)2)16(24)19-12-5-3-11(4-6-12)7-14(21)17-9-15(22)23/h3-6,8H,7,9H2,1-2H3,(H,17,21)(H,19,24)(H,22,23). The van der Waals surface area contributed by atoms with Crippen molar-refractivity contribution in [1.82, 2.24) is 15.1 Å². The molecule has 24 heavy (non-hydrogen) atoms. The van der Waals surface area contributed by atoms with Gasteiger partial charge in [0, 0.05) is 18.4 Å². The Morgan fingerprint density at radius 1 is 1.21 bits per heavy atom. The second kappa shape index (κ2) is 7.40. The molecule has 2 aromatic rings. The number of aryl methyl sites for hydroxylation is 1. The van der Waals surface area contributed by atoms with E-state index in [1.54, 1.807) is 42.9 Å². The van der Waals surface area contributed by atoms with Crippen LogP contribution >= 0.6 is 0 Å². The van der Waals surface area contributed by atoms with Crippen LogP contribution < -0.4 is 10.6 Å². The van der Waals surface area contributed by atoms with Crippen LogP contribution in [0.4, 0.5) is 5.69 Å². The van der Waals surface area contributed by atoms with E-state index < -0.39 is 12.5 Å². The smallest absolute Gasteiger partial charge is 0.322 e. The van der Waals surface area contributed by atoms with Crippen LogP contribution in [0.25, 0.3) is 0 Å². The fraction of sp³-hybridized carbons (Fsp3) is 0.250. The lowest BCUT2D eigenvalue weighted by Gasteiger charge is -2.07. The average Bonchev–Trinajstić information content (AvgIpc) is 2.87. The highest BCUT2D eigenvalue weighted by Crippen LogP contribution is 2.13. The van der Waals surface area contributed by atoms with Crippen LogP contribution in [0.3, 0.4) is 0 Å². The van der Waals surface area contributed by atoms with Gasteiger partial charge in [0.15, 0.2) is 0 Å². The minimum Gasteiger partial charge on any atom is -0.480 e. The van der Waals surface area contributed by atoms with Crippen LogP contribution in [0.1, 0.15) is 21.6 Å². The SMILES string of the molecule is Cc1c(C(=O)Nc2ccc(CC(=O)NCC(=O)O)cc2)cnn1C. The van der Waals surface area contributed by atoms with Crippen LogP contribution in [0, 0.1) is 6.92 Å². The third-order valence-electron chi connectivity index (χ3n) is 3.49. The highest BCUT2D eigenvalue weighted by atomic mass is 16.4. The van der Waals surface area contributed by atoms with Crippen LogP contribution in [-0.2, 0) is 23.1 Å². The van der Waals surface area contributed by atoms with Gasteiger partial charge in [0.2, 0.25) is 5.91 Å². The molecule has 0 bridgehead atoms. The summed E-state index contributed by atoms with van der Waals surface area (Å²) < 4.78 is 1.62. The zero-order chi connectivity index (χ0) is 17.7. The van der Waals surface area contributed by atoms with Gasteiger partial charge in [-0.3, -0.25) is 19.1 Å². The molecule has 8 nitrogen and oxygen atoms in total. The van der Waals surface area contributed by atoms with Crippen molar-refractivity contribution >= 4 is 23.5 Å². The van der Waals surface area contributed by atoms with Crippen LogP contribution in [0.15, 0.2) is 30.5 Å². The number of carbonyl (C=O) groups excluding carboxylic acids is 2. The van der Waals surface area contributed by atoms with E-state index in [1.165, 1.54) is 6.20 Å². The molecule has 0 fully saturated rings. The second-order valence-corrected chi connectivity index (χ2v) is 5.27. The molecule has 2 rings (SSSR count). The number of nitrogens with one attached hydrogen (secondary N) is 2. The van der Waals surface area contributed by atoms with Crippen LogP contribution in [0.5, 0.6) is 0 Å². The first-order valence-corrected chi connectivity index (χ1v) is 7.24. The number of carboxylic acid groups (broad SMARTS) is 1. The number of rotatable bonds is 6. The van der Waals surface area contributed by atoms with E-state index >= 15 is 0 Å². The molecule has 1 aromatic carbocycles. The highest BCUT2D eigenvalue weighted by Gasteiger charge is 2.13. The summed E-state index contributed by atoms with van der Waals surface area (Å²) in [6.07, 6.45) is 1.58. The molecular formula is C16H18N4O4. The van der Waals surface area contributed by atoms with Gasteiger partial charge < -0.3 is 15.7 Å². The Kier molecular flexibility index (Phi) is 5.31. The van der Waals surface area contributed by atoms with E-state index in [0.29, 0.717) is 16.8 Å². The number of nitrogens with zero attached hydrogens (tertiary/aromatic N) is 2. The summed E-state index contributed by atoms with van der Waals surface area (Å²) in [5.74, 6) is -1.72. The first-order valence-electron chi connectivity index (χ1n) is 7.24. The predicted octanol–water partition coefficient (Wildman–Crippen LogP) is 0.724. The second-order valence-electron chi connectivity index (χ2n) is 5.27. The lowest BCUT2D eigenvalue weighted by molar-refractivity contribution is -0.137. The molecule has 0 spiro atoms. The predicted molar refractivity (Wildman–Crippen MR) is 86.7 cm³/mol. The van der Waals surface area contributed by atoms with Crippen molar-refractivity contribution in [3.8, 4) is 0 Å². The number of aliphatic carboxylic acids is 1. The Morgan fingerprint density at radius 3 is 2.42 bits per heavy atom. The number of hydrogen-bond donors (Lipinski definition) is 3.